The Morgan fingerprint density at radius 2 is 2.33 bits per heavy atom. The van der Waals surface area contributed by atoms with Gasteiger partial charge in [-0.2, -0.15) is 0 Å². The van der Waals surface area contributed by atoms with Gasteiger partial charge >= 0.3 is 6.03 Å². The SMILES string of the molecule is Cc1nc(CNCC(=O)NC(N)=O)cs1. The summed E-state index contributed by atoms with van der Waals surface area (Å²) in [4.78, 5) is 25.5. The number of aryl methyl sites for hydroxylation is 1. The minimum Gasteiger partial charge on any atom is -0.351 e. The first-order valence-electron chi connectivity index (χ1n) is 4.29. The van der Waals surface area contributed by atoms with E-state index in [-0.39, 0.29) is 6.54 Å². The van der Waals surface area contributed by atoms with Crippen molar-refractivity contribution in [2.24, 2.45) is 5.73 Å². The average molecular weight is 228 g/mol. The molecule has 0 fully saturated rings. The van der Waals surface area contributed by atoms with E-state index in [0.717, 1.165) is 10.7 Å². The van der Waals surface area contributed by atoms with Crippen molar-refractivity contribution in [2.45, 2.75) is 13.5 Å². The first-order chi connectivity index (χ1) is 7.08. The zero-order valence-electron chi connectivity index (χ0n) is 8.24. The molecular formula is C8H12N4O2S. The summed E-state index contributed by atoms with van der Waals surface area (Å²) in [5.74, 6) is -0.450. The number of urea groups is 1. The third-order valence-corrected chi connectivity index (χ3v) is 2.34. The van der Waals surface area contributed by atoms with Crippen molar-refractivity contribution >= 4 is 23.3 Å². The second-order valence-corrected chi connectivity index (χ2v) is 3.94. The second-order valence-electron chi connectivity index (χ2n) is 2.87. The number of amides is 3. The fourth-order valence-corrected chi connectivity index (χ4v) is 1.59. The van der Waals surface area contributed by atoms with Gasteiger partial charge in [-0.25, -0.2) is 9.78 Å². The van der Waals surface area contributed by atoms with Crippen LogP contribution in [0.15, 0.2) is 5.38 Å². The molecule has 6 nitrogen and oxygen atoms in total. The van der Waals surface area contributed by atoms with E-state index in [0.29, 0.717) is 6.54 Å². The third kappa shape index (κ3) is 4.52. The molecule has 0 spiro atoms. The maximum absolute atomic E-state index is 11.0. The highest BCUT2D eigenvalue weighted by Gasteiger charge is 2.03. The van der Waals surface area contributed by atoms with Crippen LogP contribution >= 0.6 is 11.3 Å². The van der Waals surface area contributed by atoms with Crippen LogP contribution in [0, 0.1) is 6.92 Å². The largest absolute Gasteiger partial charge is 0.351 e. The van der Waals surface area contributed by atoms with Crippen molar-refractivity contribution < 1.29 is 9.59 Å². The lowest BCUT2D eigenvalue weighted by molar-refractivity contribution is -0.119. The van der Waals surface area contributed by atoms with E-state index in [1.165, 1.54) is 0 Å². The number of nitrogens with two attached hydrogens (primary N) is 1. The van der Waals surface area contributed by atoms with Crippen LogP contribution in [-0.2, 0) is 11.3 Å². The minimum absolute atomic E-state index is 0.0412. The minimum atomic E-state index is -0.841. The fourth-order valence-electron chi connectivity index (χ4n) is 0.975. The molecule has 3 amide bonds. The Bertz CT molecular complexity index is 363. The highest BCUT2D eigenvalue weighted by atomic mass is 32.1. The van der Waals surface area contributed by atoms with Gasteiger partial charge in [0.05, 0.1) is 17.2 Å². The van der Waals surface area contributed by atoms with E-state index in [2.05, 4.69) is 10.3 Å². The lowest BCUT2D eigenvalue weighted by Crippen LogP contribution is -2.40. The summed E-state index contributed by atoms with van der Waals surface area (Å²) in [6.07, 6.45) is 0. The molecule has 82 valence electrons. The van der Waals surface area contributed by atoms with Crippen LogP contribution in [0.25, 0.3) is 0 Å². The number of hydrogen-bond donors (Lipinski definition) is 3. The maximum atomic E-state index is 11.0. The molecule has 0 aliphatic rings. The van der Waals surface area contributed by atoms with Gasteiger partial charge in [0.25, 0.3) is 0 Å². The predicted molar refractivity (Wildman–Crippen MR) is 56.3 cm³/mol. The molecule has 4 N–H and O–H groups in total. The molecule has 0 saturated heterocycles. The van der Waals surface area contributed by atoms with Crippen molar-refractivity contribution in [3.8, 4) is 0 Å². The van der Waals surface area contributed by atoms with Gasteiger partial charge < -0.3 is 11.1 Å². The highest BCUT2D eigenvalue weighted by molar-refractivity contribution is 7.09. The van der Waals surface area contributed by atoms with Crippen LogP contribution in [0.3, 0.4) is 0 Å². The van der Waals surface area contributed by atoms with Gasteiger partial charge in [0.2, 0.25) is 5.91 Å². The van der Waals surface area contributed by atoms with E-state index >= 15 is 0 Å². The number of primary amides is 1. The Hall–Kier alpha value is -1.47. The molecule has 0 radical (unpaired) electrons. The molecule has 0 aliphatic heterocycles. The first kappa shape index (κ1) is 11.6. The Balaban J connectivity index is 2.22. The zero-order chi connectivity index (χ0) is 11.3. The molecule has 0 atom stereocenters. The van der Waals surface area contributed by atoms with E-state index in [4.69, 9.17) is 5.73 Å². The van der Waals surface area contributed by atoms with Crippen molar-refractivity contribution in [3.63, 3.8) is 0 Å². The molecule has 7 heteroatoms. The number of nitrogens with one attached hydrogen (secondary N) is 2. The standard InChI is InChI=1S/C8H12N4O2S/c1-5-11-6(4-15-5)2-10-3-7(13)12-8(9)14/h4,10H,2-3H2,1H3,(H3,9,12,13,14). The Kier molecular flexibility index (Phi) is 4.19. The van der Waals surface area contributed by atoms with Gasteiger partial charge in [-0.1, -0.05) is 0 Å². The normalized spacial score (nSPS) is 9.93. The van der Waals surface area contributed by atoms with E-state index in [9.17, 15) is 9.59 Å². The summed E-state index contributed by atoms with van der Waals surface area (Å²) < 4.78 is 0. The Morgan fingerprint density at radius 1 is 1.60 bits per heavy atom. The maximum Gasteiger partial charge on any atom is 0.318 e. The van der Waals surface area contributed by atoms with E-state index in [1.54, 1.807) is 11.3 Å². The van der Waals surface area contributed by atoms with Gasteiger partial charge in [-0.05, 0) is 6.92 Å². The number of hydrogen-bond acceptors (Lipinski definition) is 5. The number of thiazole rings is 1. The van der Waals surface area contributed by atoms with Crippen LogP contribution in [0.4, 0.5) is 4.79 Å². The summed E-state index contributed by atoms with van der Waals surface area (Å²) in [6.45, 7) is 2.45. The number of carbonyl (C=O) groups is 2. The molecule has 0 aliphatic carbocycles. The summed E-state index contributed by atoms with van der Waals surface area (Å²) in [7, 11) is 0. The smallest absolute Gasteiger partial charge is 0.318 e. The molecule has 15 heavy (non-hydrogen) atoms. The average Bonchev–Trinajstić information content (AvgIpc) is 2.50. The fraction of sp³-hybridized carbons (Fsp3) is 0.375. The van der Waals surface area contributed by atoms with Crippen LogP contribution in [-0.4, -0.2) is 23.5 Å². The quantitative estimate of drug-likeness (QED) is 0.661. The third-order valence-electron chi connectivity index (χ3n) is 1.52. The van der Waals surface area contributed by atoms with Crippen molar-refractivity contribution in [2.75, 3.05) is 6.54 Å². The molecule has 0 saturated carbocycles. The summed E-state index contributed by atoms with van der Waals surface area (Å²) in [6, 6.07) is -0.841. The van der Waals surface area contributed by atoms with E-state index in [1.807, 2.05) is 17.6 Å². The lowest BCUT2D eigenvalue weighted by atomic mass is 10.4. The molecule has 0 aromatic carbocycles. The summed E-state index contributed by atoms with van der Waals surface area (Å²) in [5.41, 5.74) is 5.65. The molecule has 0 bridgehead atoms. The van der Waals surface area contributed by atoms with Crippen LogP contribution in [0.2, 0.25) is 0 Å². The zero-order valence-corrected chi connectivity index (χ0v) is 9.06. The van der Waals surface area contributed by atoms with E-state index < -0.39 is 11.9 Å². The van der Waals surface area contributed by atoms with Gasteiger partial charge in [-0.3, -0.25) is 10.1 Å². The molecule has 1 heterocycles. The Morgan fingerprint density at radius 3 is 2.87 bits per heavy atom. The number of rotatable bonds is 4. The van der Waals surface area contributed by atoms with Gasteiger partial charge in [0, 0.05) is 11.9 Å². The predicted octanol–water partition coefficient (Wildman–Crippen LogP) is -0.264. The second kappa shape index (κ2) is 5.42. The topological polar surface area (TPSA) is 97.1 Å². The lowest BCUT2D eigenvalue weighted by Gasteiger charge is -2.01. The van der Waals surface area contributed by atoms with Crippen LogP contribution in [0.5, 0.6) is 0 Å². The Labute approximate surface area is 90.9 Å². The van der Waals surface area contributed by atoms with Crippen molar-refractivity contribution in [1.29, 1.82) is 0 Å². The molecule has 1 aromatic heterocycles. The number of carbonyl (C=O) groups excluding carboxylic acids is 2. The van der Waals surface area contributed by atoms with Gasteiger partial charge in [-0.15, -0.1) is 11.3 Å². The van der Waals surface area contributed by atoms with Crippen LogP contribution in [0.1, 0.15) is 10.7 Å². The van der Waals surface area contributed by atoms with Crippen molar-refractivity contribution in [3.05, 3.63) is 16.1 Å². The molecule has 0 unspecified atom stereocenters. The summed E-state index contributed by atoms with van der Waals surface area (Å²) in [5, 5.41) is 7.69. The molecule has 1 rings (SSSR count). The number of aromatic nitrogens is 1. The van der Waals surface area contributed by atoms with Crippen LogP contribution < -0.4 is 16.4 Å². The molecule has 1 aromatic rings. The number of nitrogens with zero attached hydrogens (tertiary/aromatic N) is 1. The monoisotopic (exact) mass is 228 g/mol. The van der Waals surface area contributed by atoms with Crippen molar-refractivity contribution in [1.82, 2.24) is 15.6 Å². The number of imide groups is 1. The van der Waals surface area contributed by atoms with Gasteiger partial charge in [0.1, 0.15) is 0 Å². The summed E-state index contributed by atoms with van der Waals surface area (Å²) >= 11 is 1.55. The molecular weight excluding hydrogens is 216 g/mol. The van der Waals surface area contributed by atoms with Gasteiger partial charge in [0.15, 0.2) is 0 Å². The highest BCUT2D eigenvalue weighted by Crippen LogP contribution is 2.06. The first-order valence-corrected chi connectivity index (χ1v) is 5.17.